The first kappa shape index (κ1) is 11.4. The molecule has 0 N–H and O–H groups in total. The second kappa shape index (κ2) is 5.13. The summed E-state index contributed by atoms with van der Waals surface area (Å²) in [7, 11) is 0. The number of hydrogen-bond acceptors (Lipinski definition) is 1. The Morgan fingerprint density at radius 1 is 1.25 bits per heavy atom. The Labute approximate surface area is 75.9 Å². The molecule has 0 atom stereocenters. The maximum absolute atomic E-state index is 11.4. The molecule has 0 heterocycles. The molecule has 1 heteroatoms. The second-order valence-corrected chi connectivity index (χ2v) is 4.04. The van der Waals surface area contributed by atoms with Crippen molar-refractivity contribution in [3.05, 3.63) is 12.2 Å². The molecule has 0 bridgehead atoms. The zero-order chi connectivity index (χ0) is 9.72. The molecule has 0 aliphatic heterocycles. The molecule has 0 aromatic carbocycles. The van der Waals surface area contributed by atoms with Crippen LogP contribution in [0.1, 0.15) is 40.5 Å². The summed E-state index contributed by atoms with van der Waals surface area (Å²) in [5.74, 6) is 1.14. The summed E-state index contributed by atoms with van der Waals surface area (Å²) in [4.78, 5) is 11.4. The van der Waals surface area contributed by atoms with E-state index in [0.29, 0.717) is 18.3 Å². The first-order valence-electron chi connectivity index (χ1n) is 4.67. The van der Waals surface area contributed by atoms with Gasteiger partial charge in [-0.25, -0.2) is 0 Å². The summed E-state index contributed by atoms with van der Waals surface area (Å²) in [5.41, 5.74) is 0.774. The number of rotatable bonds is 5. The summed E-state index contributed by atoms with van der Waals surface area (Å²) in [6.45, 7) is 12.1. The Hall–Kier alpha value is -0.590. The first-order chi connectivity index (χ1) is 5.45. The molecule has 70 valence electrons. The molecule has 0 aliphatic carbocycles. The molecule has 0 spiro atoms. The van der Waals surface area contributed by atoms with E-state index in [1.54, 1.807) is 0 Å². The third kappa shape index (κ3) is 4.32. The van der Waals surface area contributed by atoms with Crippen molar-refractivity contribution in [1.29, 1.82) is 0 Å². The number of carbonyl (C=O) groups is 1. The predicted octanol–water partition coefficient (Wildman–Crippen LogP) is 3.20. The highest BCUT2D eigenvalue weighted by Gasteiger charge is 2.10. The smallest absolute Gasteiger partial charge is 0.158 e. The van der Waals surface area contributed by atoms with E-state index in [2.05, 4.69) is 20.4 Å². The van der Waals surface area contributed by atoms with Crippen molar-refractivity contribution < 1.29 is 4.79 Å². The molecule has 12 heavy (non-hydrogen) atoms. The van der Waals surface area contributed by atoms with Gasteiger partial charge in [-0.1, -0.05) is 34.3 Å². The van der Waals surface area contributed by atoms with Crippen LogP contribution in [0, 0.1) is 11.8 Å². The molecular formula is C11H20O. The maximum atomic E-state index is 11.4. The topological polar surface area (TPSA) is 17.1 Å². The van der Waals surface area contributed by atoms with Crippen LogP contribution in [0.2, 0.25) is 0 Å². The lowest BCUT2D eigenvalue weighted by molar-refractivity contribution is -0.116. The van der Waals surface area contributed by atoms with Crippen LogP contribution in [0.5, 0.6) is 0 Å². The van der Waals surface area contributed by atoms with Gasteiger partial charge in [-0.3, -0.25) is 4.79 Å². The fourth-order valence-corrected chi connectivity index (χ4v) is 0.902. The lowest BCUT2D eigenvalue weighted by atomic mass is 9.96. The van der Waals surface area contributed by atoms with Crippen LogP contribution in [-0.2, 0) is 4.79 Å². The van der Waals surface area contributed by atoms with Gasteiger partial charge < -0.3 is 0 Å². The van der Waals surface area contributed by atoms with Gasteiger partial charge >= 0.3 is 0 Å². The lowest BCUT2D eigenvalue weighted by Gasteiger charge is -2.08. The van der Waals surface area contributed by atoms with Gasteiger partial charge in [-0.05, 0) is 23.8 Å². The minimum Gasteiger partial charge on any atom is -0.295 e. The highest BCUT2D eigenvalue weighted by molar-refractivity contribution is 5.94. The molecule has 0 aromatic rings. The van der Waals surface area contributed by atoms with Crippen molar-refractivity contribution >= 4 is 5.78 Å². The standard InChI is InChI=1S/C11H20O/c1-8(2)6-7-11(12)10(5)9(3)4/h8-9H,5-7H2,1-4H3. The van der Waals surface area contributed by atoms with Crippen molar-refractivity contribution in [3.8, 4) is 0 Å². The summed E-state index contributed by atoms with van der Waals surface area (Å²) in [6, 6.07) is 0. The van der Waals surface area contributed by atoms with Crippen molar-refractivity contribution in [2.24, 2.45) is 11.8 Å². The molecule has 0 radical (unpaired) electrons. The van der Waals surface area contributed by atoms with E-state index in [4.69, 9.17) is 0 Å². The van der Waals surface area contributed by atoms with Crippen molar-refractivity contribution in [1.82, 2.24) is 0 Å². The van der Waals surface area contributed by atoms with Gasteiger partial charge in [0.25, 0.3) is 0 Å². The number of carbonyl (C=O) groups excluding carboxylic acids is 1. The number of Topliss-reactive ketones (excluding diaryl/α,β-unsaturated/α-hetero) is 1. The van der Waals surface area contributed by atoms with E-state index in [1.807, 2.05) is 13.8 Å². The minimum absolute atomic E-state index is 0.235. The van der Waals surface area contributed by atoms with Crippen molar-refractivity contribution in [2.75, 3.05) is 0 Å². The number of ketones is 1. The molecule has 0 aromatic heterocycles. The fourth-order valence-electron chi connectivity index (χ4n) is 0.902. The lowest BCUT2D eigenvalue weighted by Crippen LogP contribution is -2.07. The minimum atomic E-state index is 0.235. The largest absolute Gasteiger partial charge is 0.295 e. The van der Waals surface area contributed by atoms with E-state index >= 15 is 0 Å². The van der Waals surface area contributed by atoms with Crippen LogP contribution in [0.25, 0.3) is 0 Å². The monoisotopic (exact) mass is 168 g/mol. The Bertz CT molecular complexity index is 166. The fraction of sp³-hybridized carbons (Fsp3) is 0.727. The molecular weight excluding hydrogens is 148 g/mol. The van der Waals surface area contributed by atoms with E-state index in [1.165, 1.54) is 0 Å². The van der Waals surface area contributed by atoms with Crippen LogP contribution in [0.3, 0.4) is 0 Å². The Morgan fingerprint density at radius 2 is 1.75 bits per heavy atom. The summed E-state index contributed by atoms with van der Waals surface area (Å²) in [5, 5.41) is 0. The quantitative estimate of drug-likeness (QED) is 0.576. The third-order valence-electron chi connectivity index (χ3n) is 2.00. The molecule has 0 saturated carbocycles. The Kier molecular flexibility index (Phi) is 4.87. The zero-order valence-corrected chi connectivity index (χ0v) is 8.68. The summed E-state index contributed by atoms with van der Waals surface area (Å²) < 4.78 is 0. The van der Waals surface area contributed by atoms with Gasteiger partial charge in [0, 0.05) is 6.42 Å². The normalized spacial score (nSPS) is 10.8. The first-order valence-corrected chi connectivity index (χ1v) is 4.67. The zero-order valence-electron chi connectivity index (χ0n) is 8.68. The van der Waals surface area contributed by atoms with Crippen LogP contribution in [-0.4, -0.2) is 5.78 Å². The van der Waals surface area contributed by atoms with E-state index in [9.17, 15) is 4.79 Å². The van der Waals surface area contributed by atoms with Crippen LogP contribution in [0.4, 0.5) is 0 Å². The Balaban J connectivity index is 3.81. The molecule has 0 saturated heterocycles. The van der Waals surface area contributed by atoms with Crippen molar-refractivity contribution in [3.63, 3.8) is 0 Å². The summed E-state index contributed by atoms with van der Waals surface area (Å²) in [6.07, 6.45) is 1.64. The van der Waals surface area contributed by atoms with Crippen LogP contribution < -0.4 is 0 Å². The maximum Gasteiger partial charge on any atom is 0.158 e. The van der Waals surface area contributed by atoms with Gasteiger partial charge in [0.2, 0.25) is 0 Å². The van der Waals surface area contributed by atoms with Gasteiger partial charge in [0.1, 0.15) is 0 Å². The Morgan fingerprint density at radius 3 is 2.08 bits per heavy atom. The molecule has 0 aliphatic rings. The molecule has 0 rings (SSSR count). The van der Waals surface area contributed by atoms with Gasteiger partial charge in [0.05, 0.1) is 0 Å². The van der Waals surface area contributed by atoms with E-state index in [0.717, 1.165) is 12.0 Å². The number of allylic oxidation sites excluding steroid dienone is 1. The van der Waals surface area contributed by atoms with Gasteiger partial charge in [-0.2, -0.15) is 0 Å². The predicted molar refractivity (Wildman–Crippen MR) is 53.1 cm³/mol. The second-order valence-electron chi connectivity index (χ2n) is 4.04. The number of hydrogen-bond donors (Lipinski definition) is 0. The highest BCUT2D eigenvalue weighted by Crippen LogP contribution is 2.13. The summed E-state index contributed by atoms with van der Waals surface area (Å²) >= 11 is 0. The molecule has 0 unspecified atom stereocenters. The van der Waals surface area contributed by atoms with Crippen LogP contribution >= 0.6 is 0 Å². The molecule has 0 fully saturated rings. The average Bonchev–Trinajstić information content (AvgIpc) is 1.98. The molecule has 1 nitrogen and oxygen atoms in total. The average molecular weight is 168 g/mol. The van der Waals surface area contributed by atoms with Crippen LogP contribution in [0.15, 0.2) is 12.2 Å². The van der Waals surface area contributed by atoms with Gasteiger partial charge in [-0.15, -0.1) is 0 Å². The highest BCUT2D eigenvalue weighted by atomic mass is 16.1. The SMILES string of the molecule is C=C(C(=O)CCC(C)C)C(C)C. The van der Waals surface area contributed by atoms with E-state index in [-0.39, 0.29) is 5.78 Å². The van der Waals surface area contributed by atoms with E-state index < -0.39 is 0 Å². The van der Waals surface area contributed by atoms with Gasteiger partial charge in [0.15, 0.2) is 5.78 Å². The molecule has 0 amide bonds. The third-order valence-corrected chi connectivity index (χ3v) is 2.00. The van der Waals surface area contributed by atoms with Crippen molar-refractivity contribution in [2.45, 2.75) is 40.5 Å².